The Morgan fingerprint density at radius 2 is 1.83 bits per heavy atom. The first-order valence-electron chi connectivity index (χ1n) is 7.14. The van der Waals surface area contributed by atoms with Gasteiger partial charge in [0.25, 0.3) is 5.91 Å². The molecule has 0 saturated heterocycles. The van der Waals surface area contributed by atoms with Gasteiger partial charge in [-0.05, 0) is 44.2 Å². The van der Waals surface area contributed by atoms with Gasteiger partial charge >= 0.3 is 5.97 Å². The predicted molar refractivity (Wildman–Crippen MR) is 83.3 cm³/mol. The van der Waals surface area contributed by atoms with Gasteiger partial charge in [-0.1, -0.05) is 0 Å². The summed E-state index contributed by atoms with van der Waals surface area (Å²) >= 11 is 0. The van der Waals surface area contributed by atoms with E-state index >= 15 is 0 Å². The molecule has 0 aliphatic heterocycles. The molecule has 0 radical (unpaired) electrons. The van der Waals surface area contributed by atoms with Gasteiger partial charge in [-0.2, -0.15) is 0 Å². The summed E-state index contributed by atoms with van der Waals surface area (Å²) < 4.78 is 9.95. The van der Waals surface area contributed by atoms with Crippen LogP contribution in [0.3, 0.4) is 0 Å². The summed E-state index contributed by atoms with van der Waals surface area (Å²) in [6.45, 7) is 3.63. The number of aliphatic hydroxyl groups excluding tert-OH is 1. The minimum atomic E-state index is -0.842. The second-order valence-electron chi connectivity index (χ2n) is 5.16. The van der Waals surface area contributed by atoms with Crippen LogP contribution in [0.2, 0.25) is 0 Å². The van der Waals surface area contributed by atoms with Gasteiger partial charge in [-0.3, -0.25) is 4.79 Å². The molecule has 23 heavy (non-hydrogen) atoms. The molecule has 0 bridgehead atoms. The Labute approximate surface area is 134 Å². The number of ether oxygens (including phenoxy) is 1. The fourth-order valence-electron chi connectivity index (χ4n) is 2.26. The number of rotatable bonds is 5. The van der Waals surface area contributed by atoms with Crippen LogP contribution in [0.4, 0.5) is 0 Å². The van der Waals surface area contributed by atoms with Gasteiger partial charge in [0, 0.05) is 17.7 Å². The molecule has 2 rings (SSSR count). The smallest absolute Gasteiger partial charge is 0.337 e. The van der Waals surface area contributed by atoms with Crippen molar-refractivity contribution in [2.24, 2.45) is 0 Å². The van der Waals surface area contributed by atoms with E-state index in [1.165, 1.54) is 31.4 Å². The van der Waals surface area contributed by atoms with Gasteiger partial charge in [0.05, 0.1) is 18.8 Å². The first-order chi connectivity index (χ1) is 10.9. The molecule has 2 N–H and O–H groups in total. The minimum Gasteiger partial charge on any atom is -0.466 e. The van der Waals surface area contributed by atoms with Crippen LogP contribution in [0.1, 0.15) is 43.9 Å². The van der Waals surface area contributed by atoms with E-state index < -0.39 is 12.1 Å². The van der Waals surface area contributed by atoms with Gasteiger partial charge in [-0.25, -0.2) is 4.79 Å². The lowest BCUT2D eigenvalue weighted by atomic mass is 10.1. The number of aryl methyl sites for hydroxylation is 2. The highest BCUT2D eigenvalue weighted by molar-refractivity contribution is 5.96. The van der Waals surface area contributed by atoms with Gasteiger partial charge in [0.2, 0.25) is 0 Å². The van der Waals surface area contributed by atoms with Gasteiger partial charge < -0.3 is 19.6 Å². The van der Waals surface area contributed by atoms with Gasteiger partial charge in [0.1, 0.15) is 11.5 Å². The Morgan fingerprint density at radius 1 is 1.22 bits per heavy atom. The fraction of sp³-hybridized carbons (Fsp3) is 0.294. The fourth-order valence-corrected chi connectivity index (χ4v) is 2.26. The first kappa shape index (κ1) is 16.8. The number of benzene rings is 1. The van der Waals surface area contributed by atoms with E-state index in [0.29, 0.717) is 28.2 Å². The lowest BCUT2D eigenvalue weighted by Crippen LogP contribution is -2.28. The minimum absolute atomic E-state index is 0.0669. The lowest BCUT2D eigenvalue weighted by Gasteiger charge is -2.11. The summed E-state index contributed by atoms with van der Waals surface area (Å²) in [4.78, 5) is 23.4. The van der Waals surface area contributed by atoms with Crippen LogP contribution < -0.4 is 5.32 Å². The summed E-state index contributed by atoms with van der Waals surface area (Å²) in [5, 5.41) is 12.8. The number of carbonyl (C=O) groups excluding carboxylic acids is 2. The SMILES string of the molecule is COC(=O)c1ccc(C(=O)NCC(O)c2cc(C)oc2C)cc1. The maximum absolute atomic E-state index is 12.1. The zero-order valence-electron chi connectivity index (χ0n) is 13.3. The third kappa shape index (κ3) is 3.98. The Morgan fingerprint density at radius 3 is 2.35 bits per heavy atom. The van der Waals surface area contributed by atoms with Crippen molar-refractivity contribution in [1.29, 1.82) is 0 Å². The number of esters is 1. The van der Waals surface area contributed by atoms with Crippen molar-refractivity contribution in [3.63, 3.8) is 0 Å². The molecule has 0 aliphatic rings. The quantitative estimate of drug-likeness (QED) is 0.825. The molecule has 0 saturated carbocycles. The third-order valence-corrected chi connectivity index (χ3v) is 3.46. The summed E-state index contributed by atoms with van der Waals surface area (Å²) in [5.74, 6) is 0.546. The number of furan rings is 1. The monoisotopic (exact) mass is 317 g/mol. The van der Waals surface area contributed by atoms with E-state index in [4.69, 9.17) is 4.42 Å². The van der Waals surface area contributed by atoms with Crippen LogP contribution in [0, 0.1) is 13.8 Å². The number of hydrogen-bond acceptors (Lipinski definition) is 5. The molecule has 6 nitrogen and oxygen atoms in total. The van der Waals surface area contributed by atoms with Crippen LogP contribution in [-0.4, -0.2) is 30.6 Å². The standard InChI is InChI=1S/C17H19NO5/c1-10-8-14(11(2)23-10)15(19)9-18-16(20)12-4-6-13(7-5-12)17(21)22-3/h4-8,15,19H,9H2,1-3H3,(H,18,20). The van der Waals surface area contributed by atoms with Gasteiger partial charge in [-0.15, -0.1) is 0 Å². The number of amides is 1. The number of hydrogen-bond donors (Lipinski definition) is 2. The van der Waals surface area contributed by atoms with Crippen molar-refractivity contribution in [1.82, 2.24) is 5.32 Å². The second-order valence-corrected chi connectivity index (χ2v) is 5.16. The average molecular weight is 317 g/mol. The van der Waals surface area contributed by atoms with Crippen molar-refractivity contribution in [2.45, 2.75) is 20.0 Å². The molecule has 1 aromatic heterocycles. The lowest BCUT2D eigenvalue weighted by molar-refractivity contribution is 0.0600. The molecule has 6 heteroatoms. The second kappa shape index (κ2) is 7.11. The molecular formula is C17H19NO5. The predicted octanol–water partition coefficient (Wildman–Crippen LogP) is 2.15. The average Bonchev–Trinajstić information content (AvgIpc) is 2.90. The van der Waals surface area contributed by atoms with E-state index in [2.05, 4.69) is 10.1 Å². The van der Waals surface area contributed by atoms with Crippen molar-refractivity contribution in [3.8, 4) is 0 Å². The summed E-state index contributed by atoms with van der Waals surface area (Å²) in [5.41, 5.74) is 1.42. The summed E-state index contributed by atoms with van der Waals surface area (Å²) in [7, 11) is 1.30. The molecular weight excluding hydrogens is 298 g/mol. The van der Waals surface area contributed by atoms with E-state index in [1.807, 2.05) is 0 Å². The highest BCUT2D eigenvalue weighted by Gasteiger charge is 2.16. The number of carbonyl (C=O) groups is 2. The molecule has 1 heterocycles. The molecule has 1 atom stereocenters. The van der Waals surface area contributed by atoms with E-state index in [9.17, 15) is 14.7 Å². The molecule has 0 aliphatic carbocycles. The van der Waals surface area contributed by atoms with Gasteiger partial charge in [0.15, 0.2) is 0 Å². The molecule has 0 fully saturated rings. The molecule has 1 aromatic carbocycles. The van der Waals surface area contributed by atoms with Crippen LogP contribution in [-0.2, 0) is 4.74 Å². The Kier molecular flexibility index (Phi) is 5.18. The van der Waals surface area contributed by atoms with E-state index in [1.54, 1.807) is 19.9 Å². The topological polar surface area (TPSA) is 88.8 Å². The third-order valence-electron chi connectivity index (χ3n) is 3.46. The molecule has 2 aromatic rings. The molecule has 1 unspecified atom stereocenters. The zero-order chi connectivity index (χ0) is 17.0. The summed E-state index contributed by atoms with van der Waals surface area (Å²) in [6.07, 6.45) is -0.842. The zero-order valence-corrected chi connectivity index (χ0v) is 13.3. The Bertz CT molecular complexity index is 702. The largest absolute Gasteiger partial charge is 0.466 e. The van der Waals surface area contributed by atoms with Crippen LogP contribution in [0.15, 0.2) is 34.7 Å². The van der Waals surface area contributed by atoms with E-state index in [0.717, 1.165) is 0 Å². The van der Waals surface area contributed by atoms with Crippen LogP contribution >= 0.6 is 0 Å². The number of aliphatic hydroxyl groups is 1. The van der Waals surface area contributed by atoms with Crippen molar-refractivity contribution in [3.05, 3.63) is 58.5 Å². The highest BCUT2D eigenvalue weighted by atomic mass is 16.5. The van der Waals surface area contributed by atoms with Crippen LogP contribution in [0.25, 0.3) is 0 Å². The van der Waals surface area contributed by atoms with Crippen LogP contribution in [0.5, 0.6) is 0 Å². The van der Waals surface area contributed by atoms with Crippen molar-refractivity contribution >= 4 is 11.9 Å². The molecule has 1 amide bonds. The first-order valence-corrected chi connectivity index (χ1v) is 7.14. The Balaban J connectivity index is 1.96. The maximum atomic E-state index is 12.1. The molecule has 122 valence electrons. The summed E-state index contributed by atoms with van der Waals surface area (Å²) in [6, 6.07) is 7.83. The molecule has 0 spiro atoms. The van der Waals surface area contributed by atoms with Crippen molar-refractivity contribution in [2.75, 3.05) is 13.7 Å². The number of methoxy groups -OCH3 is 1. The number of nitrogens with one attached hydrogen (secondary N) is 1. The highest BCUT2D eigenvalue weighted by Crippen LogP contribution is 2.21. The van der Waals surface area contributed by atoms with Crippen molar-refractivity contribution < 1.29 is 23.8 Å². The Hall–Kier alpha value is -2.60. The maximum Gasteiger partial charge on any atom is 0.337 e. The normalized spacial score (nSPS) is 11.8. The van der Waals surface area contributed by atoms with E-state index in [-0.39, 0.29) is 12.5 Å².